The number of rotatable bonds is 1. The summed E-state index contributed by atoms with van der Waals surface area (Å²) in [5, 5.41) is 19.3. The van der Waals surface area contributed by atoms with Crippen LogP contribution in [0.1, 0.15) is 29.0 Å². The number of hydrogen-bond acceptors (Lipinski definition) is 5. The first kappa shape index (κ1) is 11.2. The largest absolute Gasteiger partial charge is 0.347 e. The summed E-state index contributed by atoms with van der Waals surface area (Å²) >= 11 is 1.81. The molecule has 0 amide bonds. The van der Waals surface area contributed by atoms with Crippen molar-refractivity contribution in [1.29, 1.82) is 5.26 Å². The van der Waals surface area contributed by atoms with Crippen LogP contribution in [0.15, 0.2) is 23.7 Å². The fourth-order valence-electron chi connectivity index (χ4n) is 2.42. The first-order valence-corrected chi connectivity index (χ1v) is 6.74. The lowest BCUT2D eigenvalue weighted by molar-refractivity contribution is 0.619. The van der Waals surface area contributed by atoms with Crippen LogP contribution in [0.2, 0.25) is 0 Å². The van der Waals surface area contributed by atoms with E-state index in [0.29, 0.717) is 11.4 Å². The van der Waals surface area contributed by atoms with Crippen molar-refractivity contribution in [2.75, 3.05) is 11.4 Å². The first-order valence-electron chi connectivity index (χ1n) is 5.86. The molecule has 0 radical (unpaired) electrons. The Morgan fingerprint density at radius 3 is 3.22 bits per heavy atom. The maximum Gasteiger partial charge on any atom is 0.169 e. The third-order valence-corrected chi connectivity index (χ3v) is 4.37. The van der Waals surface area contributed by atoms with Crippen molar-refractivity contribution in [1.82, 2.24) is 10.2 Å². The molecule has 0 aliphatic carbocycles. The van der Waals surface area contributed by atoms with E-state index in [9.17, 15) is 0 Å². The van der Waals surface area contributed by atoms with Crippen LogP contribution < -0.4 is 4.90 Å². The van der Waals surface area contributed by atoms with E-state index in [2.05, 4.69) is 39.5 Å². The van der Waals surface area contributed by atoms with E-state index in [4.69, 9.17) is 5.26 Å². The molecule has 90 valence electrons. The molecule has 5 heteroatoms. The van der Waals surface area contributed by atoms with E-state index in [0.717, 1.165) is 13.0 Å². The SMILES string of the molecule is CC1c2ccsc2CCN1c1nnccc1C#N. The lowest BCUT2D eigenvalue weighted by atomic mass is 10.0. The summed E-state index contributed by atoms with van der Waals surface area (Å²) in [7, 11) is 0. The molecular formula is C13H12N4S. The van der Waals surface area contributed by atoms with Gasteiger partial charge in [-0.2, -0.15) is 10.4 Å². The van der Waals surface area contributed by atoms with E-state index >= 15 is 0 Å². The van der Waals surface area contributed by atoms with Gasteiger partial charge < -0.3 is 4.90 Å². The Labute approximate surface area is 110 Å². The Hall–Kier alpha value is -1.93. The van der Waals surface area contributed by atoms with Crippen LogP contribution in [0, 0.1) is 11.3 Å². The molecule has 0 spiro atoms. The van der Waals surface area contributed by atoms with Gasteiger partial charge >= 0.3 is 0 Å². The average molecular weight is 256 g/mol. The van der Waals surface area contributed by atoms with Crippen molar-refractivity contribution in [3.63, 3.8) is 0 Å². The van der Waals surface area contributed by atoms with Crippen molar-refractivity contribution in [2.24, 2.45) is 0 Å². The van der Waals surface area contributed by atoms with Gasteiger partial charge in [0.25, 0.3) is 0 Å². The van der Waals surface area contributed by atoms with Crippen molar-refractivity contribution >= 4 is 17.2 Å². The predicted molar refractivity (Wildman–Crippen MR) is 70.5 cm³/mol. The first-order chi connectivity index (χ1) is 8.81. The van der Waals surface area contributed by atoms with Crippen molar-refractivity contribution < 1.29 is 0 Å². The Kier molecular flexibility index (Phi) is 2.73. The smallest absolute Gasteiger partial charge is 0.169 e. The van der Waals surface area contributed by atoms with Crippen molar-refractivity contribution in [3.05, 3.63) is 39.7 Å². The van der Waals surface area contributed by atoms with Gasteiger partial charge in [-0.05, 0) is 36.4 Å². The van der Waals surface area contributed by atoms with Gasteiger partial charge in [0.2, 0.25) is 0 Å². The molecule has 2 aromatic heterocycles. The third kappa shape index (κ3) is 1.66. The van der Waals surface area contributed by atoms with Gasteiger partial charge in [-0.1, -0.05) is 0 Å². The van der Waals surface area contributed by atoms with E-state index in [1.54, 1.807) is 12.3 Å². The Balaban J connectivity index is 2.02. The van der Waals surface area contributed by atoms with Crippen LogP contribution >= 0.6 is 11.3 Å². The quantitative estimate of drug-likeness (QED) is 0.786. The van der Waals surface area contributed by atoms with Crippen LogP contribution in [0.5, 0.6) is 0 Å². The molecule has 3 heterocycles. The molecule has 1 atom stereocenters. The second-order valence-electron chi connectivity index (χ2n) is 4.30. The molecule has 18 heavy (non-hydrogen) atoms. The Morgan fingerprint density at radius 2 is 2.39 bits per heavy atom. The molecule has 0 saturated heterocycles. The molecule has 0 bridgehead atoms. The zero-order valence-electron chi connectivity index (χ0n) is 10.00. The van der Waals surface area contributed by atoms with Gasteiger partial charge in [0, 0.05) is 11.4 Å². The van der Waals surface area contributed by atoms with E-state index in [-0.39, 0.29) is 6.04 Å². The number of aromatic nitrogens is 2. The number of anilines is 1. The molecule has 0 saturated carbocycles. The summed E-state index contributed by atoms with van der Waals surface area (Å²) in [6.45, 7) is 3.04. The minimum atomic E-state index is 0.254. The molecule has 0 fully saturated rings. The molecule has 1 aliphatic rings. The maximum absolute atomic E-state index is 9.15. The predicted octanol–water partition coefficient (Wildman–Crippen LogP) is 2.53. The van der Waals surface area contributed by atoms with E-state index in [1.165, 1.54) is 10.4 Å². The topological polar surface area (TPSA) is 52.8 Å². The summed E-state index contributed by atoms with van der Waals surface area (Å²) in [6.07, 6.45) is 2.57. The summed E-state index contributed by atoms with van der Waals surface area (Å²) in [5.74, 6) is 0.698. The third-order valence-electron chi connectivity index (χ3n) is 3.37. The second kappa shape index (κ2) is 4.39. The molecule has 3 rings (SSSR count). The number of thiophene rings is 1. The van der Waals surface area contributed by atoms with Gasteiger partial charge in [-0.25, -0.2) is 0 Å². The fraction of sp³-hybridized carbons (Fsp3) is 0.308. The van der Waals surface area contributed by atoms with Crippen LogP contribution in [-0.4, -0.2) is 16.7 Å². The van der Waals surface area contributed by atoms with Gasteiger partial charge in [0.15, 0.2) is 5.82 Å². The zero-order chi connectivity index (χ0) is 12.5. The van der Waals surface area contributed by atoms with E-state index in [1.807, 2.05) is 11.3 Å². The summed E-state index contributed by atoms with van der Waals surface area (Å²) in [5.41, 5.74) is 1.94. The normalized spacial score (nSPS) is 18.2. The maximum atomic E-state index is 9.15. The Morgan fingerprint density at radius 1 is 1.50 bits per heavy atom. The highest BCUT2D eigenvalue weighted by Gasteiger charge is 2.27. The molecular weight excluding hydrogens is 244 g/mol. The van der Waals surface area contributed by atoms with Crippen molar-refractivity contribution in [3.8, 4) is 6.07 Å². The number of hydrogen-bond donors (Lipinski definition) is 0. The molecule has 0 aromatic carbocycles. The molecule has 1 aliphatic heterocycles. The lowest BCUT2D eigenvalue weighted by Gasteiger charge is -2.34. The average Bonchev–Trinajstić information content (AvgIpc) is 2.88. The van der Waals surface area contributed by atoms with Gasteiger partial charge in [0.05, 0.1) is 17.8 Å². The van der Waals surface area contributed by atoms with Crippen LogP contribution in [-0.2, 0) is 6.42 Å². The monoisotopic (exact) mass is 256 g/mol. The number of nitrogens with zero attached hydrogens (tertiary/aromatic N) is 4. The minimum Gasteiger partial charge on any atom is -0.347 e. The highest BCUT2D eigenvalue weighted by atomic mass is 32.1. The Bertz CT molecular complexity index is 613. The van der Waals surface area contributed by atoms with Gasteiger partial charge in [0.1, 0.15) is 6.07 Å². The standard InChI is InChI=1S/C13H12N4S/c1-9-11-4-7-18-12(11)3-6-17(9)13-10(8-14)2-5-15-16-13/h2,4-5,7,9H,3,6H2,1H3. The molecule has 2 aromatic rings. The minimum absolute atomic E-state index is 0.254. The van der Waals surface area contributed by atoms with Crippen LogP contribution in [0.3, 0.4) is 0 Å². The van der Waals surface area contributed by atoms with Gasteiger partial charge in [-0.15, -0.1) is 16.4 Å². The summed E-state index contributed by atoms with van der Waals surface area (Å²) < 4.78 is 0. The fourth-order valence-corrected chi connectivity index (χ4v) is 3.39. The summed E-state index contributed by atoms with van der Waals surface area (Å²) in [4.78, 5) is 3.61. The lowest BCUT2D eigenvalue weighted by Crippen LogP contribution is -2.34. The second-order valence-corrected chi connectivity index (χ2v) is 5.30. The number of fused-ring (bicyclic) bond motifs is 1. The van der Waals surface area contributed by atoms with Crippen molar-refractivity contribution in [2.45, 2.75) is 19.4 Å². The number of nitriles is 1. The molecule has 0 N–H and O–H groups in total. The highest BCUT2D eigenvalue weighted by Crippen LogP contribution is 2.35. The van der Waals surface area contributed by atoms with Gasteiger partial charge in [-0.3, -0.25) is 0 Å². The zero-order valence-corrected chi connectivity index (χ0v) is 10.8. The highest BCUT2D eigenvalue weighted by molar-refractivity contribution is 7.10. The molecule has 1 unspecified atom stereocenters. The summed E-state index contributed by atoms with van der Waals surface area (Å²) in [6, 6.07) is 6.33. The van der Waals surface area contributed by atoms with E-state index < -0.39 is 0 Å². The van der Waals surface area contributed by atoms with Crippen LogP contribution in [0.4, 0.5) is 5.82 Å². The van der Waals surface area contributed by atoms with Crippen LogP contribution in [0.25, 0.3) is 0 Å². The molecule has 4 nitrogen and oxygen atoms in total.